The van der Waals surface area contributed by atoms with Gasteiger partial charge < -0.3 is 5.32 Å². The number of hydrogen-bond acceptors (Lipinski definition) is 1. The van der Waals surface area contributed by atoms with Crippen molar-refractivity contribution in [2.75, 3.05) is 13.1 Å². The Morgan fingerprint density at radius 2 is 2.00 bits per heavy atom. The van der Waals surface area contributed by atoms with E-state index < -0.39 is 5.92 Å². The minimum absolute atomic E-state index is 0.0313. The van der Waals surface area contributed by atoms with Crippen LogP contribution in [-0.2, 0) is 0 Å². The second kappa shape index (κ2) is 3.69. The Morgan fingerprint density at radius 3 is 2.33 bits per heavy atom. The van der Waals surface area contributed by atoms with Crippen LogP contribution in [0.1, 0.15) is 26.7 Å². The Hall–Kier alpha value is -0.180. The Labute approximate surface area is 72.5 Å². The fourth-order valence-electron chi connectivity index (χ4n) is 1.60. The summed E-state index contributed by atoms with van der Waals surface area (Å²) in [5.74, 6) is -2.15. The normalized spacial score (nSPS) is 19.8. The largest absolute Gasteiger partial charge is 0.316 e. The summed E-state index contributed by atoms with van der Waals surface area (Å²) in [5.41, 5.74) is 0. The molecule has 1 aliphatic heterocycles. The molecule has 1 heterocycles. The van der Waals surface area contributed by atoms with E-state index in [1.807, 2.05) is 13.8 Å². The maximum Gasteiger partial charge on any atom is 0.248 e. The monoisotopic (exact) mass is 177 g/mol. The second-order valence-electron chi connectivity index (χ2n) is 4.18. The Bertz CT molecular complexity index is 141. The number of rotatable bonds is 4. The van der Waals surface area contributed by atoms with E-state index in [1.165, 1.54) is 0 Å². The predicted octanol–water partition coefficient (Wildman–Crippen LogP) is 2.28. The SMILES string of the molecule is CC(C)CC(F)(F)CC1CNC1. The molecular formula is C9H17F2N. The lowest BCUT2D eigenvalue weighted by Crippen LogP contribution is -2.45. The summed E-state index contributed by atoms with van der Waals surface area (Å²) in [7, 11) is 0. The predicted molar refractivity (Wildman–Crippen MR) is 45.4 cm³/mol. The molecule has 12 heavy (non-hydrogen) atoms. The maximum absolute atomic E-state index is 13.1. The van der Waals surface area contributed by atoms with Crippen LogP contribution in [0.5, 0.6) is 0 Å². The number of halogens is 2. The maximum atomic E-state index is 13.1. The molecular weight excluding hydrogens is 160 g/mol. The molecule has 0 atom stereocenters. The van der Waals surface area contributed by atoms with Crippen LogP contribution in [0.4, 0.5) is 8.78 Å². The van der Waals surface area contributed by atoms with Crippen molar-refractivity contribution in [3.05, 3.63) is 0 Å². The summed E-state index contributed by atoms with van der Waals surface area (Å²) >= 11 is 0. The molecule has 0 amide bonds. The second-order valence-corrected chi connectivity index (χ2v) is 4.18. The van der Waals surface area contributed by atoms with Gasteiger partial charge in [-0.15, -0.1) is 0 Å². The van der Waals surface area contributed by atoms with Crippen molar-refractivity contribution < 1.29 is 8.78 Å². The van der Waals surface area contributed by atoms with Crippen LogP contribution in [0.25, 0.3) is 0 Å². The molecule has 0 unspecified atom stereocenters. The molecule has 0 spiro atoms. The molecule has 3 heteroatoms. The van der Waals surface area contributed by atoms with Gasteiger partial charge in [0, 0.05) is 12.8 Å². The van der Waals surface area contributed by atoms with Gasteiger partial charge in [0.1, 0.15) is 0 Å². The van der Waals surface area contributed by atoms with Gasteiger partial charge >= 0.3 is 0 Å². The van der Waals surface area contributed by atoms with Gasteiger partial charge in [0.15, 0.2) is 0 Å². The molecule has 0 bridgehead atoms. The molecule has 0 radical (unpaired) electrons. The van der Waals surface area contributed by atoms with Gasteiger partial charge in [-0.1, -0.05) is 13.8 Å². The Kier molecular flexibility index (Phi) is 3.04. The molecule has 1 N–H and O–H groups in total. The highest BCUT2D eigenvalue weighted by Crippen LogP contribution is 2.31. The van der Waals surface area contributed by atoms with E-state index in [9.17, 15) is 8.78 Å². The highest BCUT2D eigenvalue weighted by Gasteiger charge is 2.35. The van der Waals surface area contributed by atoms with Gasteiger partial charge in [-0.2, -0.15) is 0 Å². The minimum Gasteiger partial charge on any atom is -0.316 e. The molecule has 0 aromatic rings. The molecule has 1 nitrogen and oxygen atoms in total. The van der Waals surface area contributed by atoms with E-state index in [0.717, 1.165) is 13.1 Å². The van der Waals surface area contributed by atoms with Crippen molar-refractivity contribution >= 4 is 0 Å². The lowest BCUT2D eigenvalue weighted by Gasteiger charge is -2.31. The average Bonchev–Trinajstić information content (AvgIpc) is 1.76. The van der Waals surface area contributed by atoms with E-state index >= 15 is 0 Å². The highest BCUT2D eigenvalue weighted by atomic mass is 19.3. The van der Waals surface area contributed by atoms with Gasteiger partial charge in [-0.05, 0) is 24.9 Å². The summed E-state index contributed by atoms with van der Waals surface area (Å²) in [4.78, 5) is 0. The quantitative estimate of drug-likeness (QED) is 0.694. The van der Waals surface area contributed by atoms with Crippen LogP contribution < -0.4 is 5.32 Å². The van der Waals surface area contributed by atoms with Crippen molar-refractivity contribution in [2.45, 2.75) is 32.6 Å². The first-order valence-electron chi connectivity index (χ1n) is 4.58. The fraction of sp³-hybridized carbons (Fsp3) is 1.00. The van der Waals surface area contributed by atoms with E-state index in [-0.39, 0.29) is 24.7 Å². The molecule has 1 fully saturated rings. The third kappa shape index (κ3) is 3.05. The highest BCUT2D eigenvalue weighted by molar-refractivity contribution is 4.81. The fourth-order valence-corrected chi connectivity index (χ4v) is 1.60. The Balaban J connectivity index is 2.25. The first-order valence-corrected chi connectivity index (χ1v) is 4.58. The van der Waals surface area contributed by atoms with Crippen LogP contribution in [0, 0.1) is 11.8 Å². The van der Waals surface area contributed by atoms with Crippen LogP contribution in [0.3, 0.4) is 0 Å². The molecule has 0 aromatic carbocycles. The smallest absolute Gasteiger partial charge is 0.248 e. The van der Waals surface area contributed by atoms with Gasteiger partial charge in [0.05, 0.1) is 0 Å². The molecule has 0 aromatic heterocycles. The average molecular weight is 177 g/mol. The molecule has 72 valence electrons. The molecule has 0 saturated carbocycles. The lowest BCUT2D eigenvalue weighted by molar-refractivity contribution is -0.0466. The summed E-state index contributed by atoms with van der Waals surface area (Å²) in [6, 6.07) is 0. The summed E-state index contributed by atoms with van der Waals surface area (Å²) in [5, 5.41) is 3.00. The number of hydrogen-bond donors (Lipinski definition) is 1. The minimum atomic E-state index is -2.44. The van der Waals surface area contributed by atoms with E-state index in [2.05, 4.69) is 5.32 Å². The van der Waals surface area contributed by atoms with Crippen LogP contribution in [0.15, 0.2) is 0 Å². The Morgan fingerprint density at radius 1 is 1.42 bits per heavy atom. The zero-order valence-corrected chi connectivity index (χ0v) is 7.74. The van der Waals surface area contributed by atoms with Crippen LogP contribution in [-0.4, -0.2) is 19.0 Å². The summed E-state index contributed by atoms with van der Waals surface area (Å²) in [6.45, 7) is 5.22. The first kappa shape index (κ1) is 9.90. The van der Waals surface area contributed by atoms with Crippen molar-refractivity contribution in [1.82, 2.24) is 5.32 Å². The van der Waals surface area contributed by atoms with Crippen molar-refractivity contribution in [2.24, 2.45) is 11.8 Å². The van der Waals surface area contributed by atoms with Gasteiger partial charge in [-0.3, -0.25) is 0 Å². The van der Waals surface area contributed by atoms with E-state index in [0.29, 0.717) is 0 Å². The lowest BCUT2D eigenvalue weighted by atomic mass is 9.91. The molecule has 0 aliphatic carbocycles. The number of alkyl halides is 2. The zero-order chi connectivity index (χ0) is 9.19. The van der Waals surface area contributed by atoms with Crippen molar-refractivity contribution in [1.29, 1.82) is 0 Å². The van der Waals surface area contributed by atoms with Gasteiger partial charge in [0.2, 0.25) is 5.92 Å². The summed E-state index contributed by atoms with van der Waals surface area (Å²) in [6.07, 6.45) is 0.0989. The summed E-state index contributed by atoms with van der Waals surface area (Å²) < 4.78 is 26.2. The molecule has 1 saturated heterocycles. The van der Waals surface area contributed by atoms with Crippen LogP contribution >= 0.6 is 0 Å². The molecule has 1 aliphatic rings. The topological polar surface area (TPSA) is 12.0 Å². The third-order valence-electron chi connectivity index (χ3n) is 2.16. The van der Waals surface area contributed by atoms with Gasteiger partial charge in [0.25, 0.3) is 0 Å². The third-order valence-corrected chi connectivity index (χ3v) is 2.16. The first-order chi connectivity index (χ1) is 5.49. The van der Waals surface area contributed by atoms with Gasteiger partial charge in [-0.25, -0.2) is 8.78 Å². The van der Waals surface area contributed by atoms with Crippen molar-refractivity contribution in [3.8, 4) is 0 Å². The standard InChI is InChI=1S/C9H17F2N/c1-7(2)3-9(10,11)4-8-5-12-6-8/h7-8,12H,3-6H2,1-2H3. The van der Waals surface area contributed by atoms with E-state index in [4.69, 9.17) is 0 Å². The molecule has 1 rings (SSSR count). The number of nitrogens with one attached hydrogen (secondary N) is 1. The van der Waals surface area contributed by atoms with E-state index in [1.54, 1.807) is 0 Å². The van der Waals surface area contributed by atoms with Crippen LogP contribution in [0.2, 0.25) is 0 Å². The zero-order valence-electron chi connectivity index (χ0n) is 7.74. The van der Waals surface area contributed by atoms with Crippen molar-refractivity contribution in [3.63, 3.8) is 0 Å².